The van der Waals surface area contributed by atoms with Gasteiger partial charge < -0.3 is 125 Å². The Morgan fingerprint density at radius 2 is 0.657 bits per heavy atom. The van der Waals surface area contributed by atoms with Crippen LogP contribution in [0, 0.1) is 17.8 Å². The minimum Gasteiger partial charge on any atom is -0.481 e. The zero-order chi connectivity index (χ0) is 80.4. The predicted molar refractivity (Wildman–Crippen MR) is 383 cm³/mol. The monoisotopic (exact) mass is 1500 g/mol. The summed E-state index contributed by atoms with van der Waals surface area (Å²) in [7, 11) is 0. The van der Waals surface area contributed by atoms with Gasteiger partial charge in [0.05, 0.1) is 12.5 Å². The number of carbonyl (C=O) groups is 16. The number of primary amides is 1. The fourth-order valence-electron chi connectivity index (χ4n) is 9.99. The van der Waals surface area contributed by atoms with Gasteiger partial charge in [-0.15, -0.1) is 0 Å². The van der Waals surface area contributed by atoms with Gasteiger partial charge in [-0.3, -0.25) is 81.9 Å². The molecule has 41 heteroatoms. The maximum Gasteiger partial charge on any atom is 0.326 e. The van der Waals surface area contributed by atoms with Crippen LogP contribution in [0.4, 0.5) is 0 Å². The third kappa shape index (κ3) is 40.5. The number of carboxylic acid groups (broad SMARTS) is 3. The van der Waals surface area contributed by atoms with E-state index in [2.05, 4.69) is 73.8 Å². The Labute approximate surface area is 610 Å². The molecule has 596 valence electrons. The van der Waals surface area contributed by atoms with Gasteiger partial charge >= 0.3 is 17.9 Å². The van der Waals surface area contributed by atoms with Crippen molar-refractivity contribution in [3.05, 3.63) is 0 Å². The quantitative estimate of drug-likeness (QED) is 0.0153. The number of guanidine groups is 2. The van der Waals surface area contributed by atoms with Crippen molar-refractivity contribution in [3.8, 4) is 0 Å². The summed E-state index contributed by atoms with van der Waals surface area (Å²) in [4.78, 5) is 222. The lowest BCUT2D eigenvalue weighted by atomic mass is 10.0. The first kappa shape index (κ1) is 94.9. The molecule has 0 aliphatic heterocycles. The average molecular weight is 1500 g/mol. The summed E-state index contributed by atoms with van der Waals surface area (Å²) >= 11 is 0. The fraction of sp³-hybridized carbons (Fsp3) is 0.719. The molecule has 0 rings (SSSR count). The summed E-state index contributed by atoms with van der Waals surface area (Å²) in [5.41, 5.74) is 45.0. The summed E-state index contributed by atoms with van der Waals surface area (Å²) in [6, 6.07) is -19.4. The van der Waals surface area contributed by atoms with Crippen LogP contribution in [0.1, 0.15) is 171 Å². The topological polar surface area (TPSA) is 711 Å². The number of unbranched alkanes of at least 4 members (excludes halogenated alkanes) is 2. The van der Waals surface area contributed by atoms with Crippen LogP contribution in [0.2, 0.25) is 0 Å². The Kier molecular flexibility index (Phi) is 45.5. The smallest absolute Gasteiger partial charge is 0.326 e. The zero-order valence-corrected chi connectivity index (χ0v) is 61.5. The first-order valence-electron chi connectivity index (χ1n) is 34.9. The summed E-state index contributed by atoms with van der Waals surface area (Å²) in [5, 5.41) is 58.1. The fourth-order valence-corrected chi connectivity index (χ4v) is 9.99. The molecule has 0 aromatic rings. The highest BCUT2D eigenvalue weighted by Crippen LogP contribution is 2.13. The van der Waals surface area contributed by atoms with Crippen LogP contribution in [0.3, 0.4) is 0 Å². The Bertz CT molecular complexity index is 2980. The predicted octanol–water partition coefficient (Wildman–Crippen LogP) is -7.01. The van der Waals surface area contributed by atoms with Gasteiger partial charge in [0.25, 0.3) is 0 Å². The Morgan fingerprint density at radius 3 is 1.03 bits per heavy atom. The number of amides is 13. The Morgan fingerprint density at radius 1 is 0.333 bits per heavy atom. The van der Waals surface area contributed by atoms with Crippen molar-refractivity contribution in [2.75, 3.05) is 26.2 Å². The van der Waals surface area contributed by atoms with Gasteiger partial charge in [-0.2, -0.15) is 0 Å². The summed E-state index contributed by atoms with van der Waals surface area (Å²) < 4.78 is 0. The van der Waals surface area contributed by atoms with E-state index in [1.165, 1.54) is 27.7 Å². The number of aliphatic imine (C=N–C) groups is 2. The van der Waals surface area contributed by atoms with E-state index >= 15 is 0 Å². The molecule has 13 atom stereocenters. The molecule has 0 saturated carbocycles. The van der Waals surface area contributed by atoms with E-state index in [9.17, 15) is 92.0 Å². The van der Waals surface area contributed by atoms with Crippen molar-refractivity contribution in [3.63, 3.8) is 0 Å². The third-order valence-electron chi connectivity index (χ3n) is 15.8. The van der Waals surface area contributed by atoms with E-state index in [1.807, 2.05) is 0 Å². The number of nitrogens with one attached hydrogen (secondary N) is 12. The summed E-state index contributed by atoms with van der Waals surface area (Å²) in [6.45, 7) is 14.0. The molecule has 0 aromatic heterocycles. The SMILES string of the molecule is CC(C)C[C@H](NC(=O)[C@H](C)NC(=O)[C@H](CC(=O)O)NC(=O)[C@@H](NC(=O)[C@H](C)NC(=O)[C@H](CCC(=O)O)NC(=O)[C@H](CCC(N)=O)NC(=O)[C@H](CCCN=C(N)N)NC(=O)[C@H](CCCN=C(N)N)NC(=O)[C@H](CC(C)C)NC(=O)[C@H](C)NC(=O)[C@H](CCCCN)NC(=O)[C@@H](N)CCCCN)C(C)C)C(=O)O. The van der Waals surface area contributed by atoms with E-state index < -0.39 is 211 Å². The van der Waals surface area contributed by atoms with Crippen molar-refractivity contribution in [1.29, 1.82) is 0 Å². The molecule has 0 unspecified atom stereocenters. The molecule has 0 bridgehead atoms. The van der Waals surface area contributed by atoms with Crippen LogP contribution < -0.4 is 110 Å². The molecule has 0 fully saturated rings. The van der Waals surface area contributed by atoms with E-state index in [0.29, 0.717) is 45.2 Å². The summed E-state index contributed by atoms with van der Waals surface area (Å²) in [6.07, 6.45) is -1.58. The first-order valence-corrected chi connectivity index (χ1v) is 34.9. The first-order chi connectivity index (χ1) is 49.0. The van der Waals surface area contributed by atoms with Crippen LogP contribution in [0.5, 0.6) is 0 Å². The maximum atomic E-state index is 14.6. The van der Waals surface area contributed by atoms with Crippen LogP contribution in [-0.2, 0) is 76.7 Å². The molecule has 0 aromatic carbocycles. The van der Waals surface area contributed by atoms with Crippen LogP contribution in [0.25, 0.3) is 0 Å². The standard InChI is InChI=1S/C64H116N22O19/c1-31(2)28-43(83-50(92)34(7)75-54(96)38(17-11-13-25-66)78-53(95)37(67)16-10-12-24-65)60(102)80-40(19-15-27-74-64(71)72)56(98)79-39(18-14-26-73-63(69)70)57(99)81-41(20-22-46(68)87)58(100)82-42(21-23-47(88)89)55(97)76-36(9)52(94)86-49(33(5)6)61(103)84-44(30-48(90)91)59(101)77-35(8)51(93)85-45(62(104)105)29-32(3)4/h31-45,49H,10-30,65-67H2,1-9H3,(H2,68,87)(H,75,96)(H,76,97)(H,77,101)(H,78,95)(H,79,98)(H,80,102)(H,81,99)(H,82,100)(H,83,92)(H,84,103)(H,85,93)(H,86,94)(H,88,89)(H,90,91)(H,104,105)(H4,69,70,73)(H4,71,72,74)/t34-,35-,36-,37-,38-,39-,40-,41-,42-,43-,44-,45-,49-/m0/s1. The molecule has 105 heavy (non-hydrogen) atoms. The number of carboxylic acids is 3. The van der Waals surface area contributed by atoms with Gasteiger partial charge in [-0.05, 0) is 135 Å². The number of hydrogen-bond acceptors (Lipinski definition) is 21. The Balaban J connectivity index is 7.09. The second kappa shape index (κ2) is 50.4. The highest BCUT2D eigenvalue weighted by Gasteiger charge is 2.37. The van der Waals surface area contributed by atoms with E-state index in [1.54, 1.807) is 27.7 Å². The molecule has 0 aliphatic rings. The second-order valence-corrected chi connectivity index (χ2v) is 26.6. The molecule has 13 amide bonds. The maximum absolute atomic E-state index is 14.6. The van der Waals surface area contributed by atoms with E-state index in [4.69, 9.17) is 45.9 Å². The highest BCUT2D eigenvalue weighted by atomic mass is 16.4. The van der Waals surface area contributed by atoms with Crippen LogP contribution in [0.15, 0.2) is 9.98 Å². The highest BCUT2D eigenvalue weighted by molar-refractivity contribution is 6.00. The van der Waals surface area contributed by atoms with E-state index in [-0.39, 0.29) is 81.8 Å². The molecule has 0 aliphatic carbocycles. The molecule has 0 heterocycles. The van der Waals surface area contributed by atoms with Crippen LogP contribution in [-0.4, -0.2) is 227 Å². The lowest BCUT2D eigenvalue weighted by Crippen LogP contribution is -2.61. The normalized spacial score (nSPS) is 14.8. The van der Waals surface area contributed by atoms with Crippen molar-refractivity contribution >= 4 is 107 Å². The third-order valence-corrected chi connectivity index (χ3v) is 15.8. The molecule has 0 saturated heterocycles. The van der Waals surface area contributed by atoms with E-state index in [0.717, 1.165) is 6.92 Å². The van der Waals surface area contributed by atoms with Gasteiger partial charge in [0.2, 0.25) is 76.8 Å². The second-order valence-electron chi connectivity index (χ2n) is 26.6. The number of nitrogens with zero attached hydrogens (tertiary/aromatic N) is 2. The number of nitrogens with two attached hydrogens (primary N) is 8. The molecular formula is C64H116N22O19. The zero-order valence-electron chi connectivity index (χ0n) is 61.5. The molecule has 0 spiro atoms. The molecule has 31 N–H and O–H groups in total. The number of rotatable bonds is 54. The van der Waals surface area contributed by atoms with Crippen molar-refractivity contribution < 1.29 is 92.0 Å². The number of carbonyl (C=O) groups excluding carboxylic acids is 13. The van der Waals surface area contributed by atoms with Gasteiger partial charge in [-0.1, -0.05) is 48.0 Å². The number of aliphatic carboxylic acids is 3. The van der Waals surface area contributed by atoms with Gasteiger partial charge in [0.15, 0.2) is 11.9 Å². The number of hydrogen-bond donors (Lipinski definition) is 23. The lowest BCUT2D eigenvalue weighted by Gasteiger charge is -2.28. The minimum absolute atomic E-state index is 0.0208. The van der Waals surface area contributed by atoms with Crippen molar-refractivity contribution in [1.82, 2.24) is 63.8 Å². The minimum atomic E-state index is -1.87. The lowest BCUT2D eigenvalue weighted by molar-refractivity contribution is -0.143. The Hall–Kier alpha value is -10.1. The van der Waals surface area contributed by atoms with Crippen molar-refractivity contribution in [2.45, 2.75) is 250 Å². The van der Waals surface area contributed by atoms with Crippen LogP contribution >= 0.6 is 0 Å². The molecular weight excluding hydrogens is 1380 g/mol. The average Bonchev–Trinajstić information content (AvgIpc) is 0.925. The van der Waals surface area contributed by atoms with Crippen molar-refractivity contribution in [2.24, 2.45) is 73.6 Å². The van der Waals surface area contributed by atoms with Gasteiger partial charge in [-0.25, -0.2) is 4.79 Å². The summed E-state index contributed by atoms with van der Waals surface area (Å²) in [5.74, 6) is -19.2. The molecule has 0 radical (unpaired) electrons. The molecule has 41 nitrogen and oxygen atoms in total. The van der Waals surface area contributed by atoms with Gasteiger partial charge in [0, 0.05) is 25.9 Å². The van der Waals surface area contributed by atoms with Gasteiger partial charge in [0.1, 0.15) is 72.5 Å². The largest absolute Gasteiger partial charge is 0.481 e.